The molecule has 0 spiro atoms. The average Bonchev–Trinajstić information content (AvgIpc) is 2.75. The van der Waals surface area contributed by atoms with Gasteiger partial charge in [-0.25, -0.2) is 4.79 Å². The Balaban J connectivity index is 2.53. The molecule has 0 unspecified atom stereocenters. The number of carboxylic acids is 1. The van der Waals surface area contributed by atoms with E-state index in [0.29, 0.717) is 11.3 Å². The molecule has 0 saturated carbocycles. The summed E-state index contributed by atoms with van der Waals surface area (Å²) in [7, 11) is 0. The summed E-state index contributed by atoms with van der Waals surface area (Å²) >= 11 is 1.64. The molecule has 0 bridgehead atoms. The van der Waals surface area contributed by atoms with E-state index >= 15 is 0 Å². The van der Waals surface area contributed by atoms with Gasteiger partial charge in [0, 0.05) is 21.5 Å². The highest BCUT2D eigenvalue weighted by atomic mass is 32.1. The zero-order valence-electron chi connectivity index (χ0n) is 10.6. The van der Waals surface area contributed by atoms with Crippen LogP contribution >= 0.6 is 11.3 Å². The summed E-state index contributed by atoms with van der Waals surface area (Å²) in [6.45, 7) is 5.93. The zero-order chi connectivity index (χ0) is 13.3. The van der Waals surface area contributed by atoms with Crippen LogP contribution in [0.3, 0.4) is 0 Å². The second-order valence-corrected chi connectivity index (χ2v) is 5.81. The van der Waals surface area contributed by atoms with Crippen LogP contribution in [0.2, 0.25) is 0 Å². The number of carboxylic acid groups (broad SMARTS) is 1. The van der Waals surface area contributed by atoms with Crippen molar-refractivity contribution in [3.8, 4) is 10.4 Å². The third-order valence-corrected chi connectivity index (χ3v) is 3.77. The topological polar surface area (TPSA) is 50.2 Å². The molecule has 0 amide bonds. The van der Waals surface area contributed by atoms with Crippen LogP contribution in [0.15, 0.2) is 24.4 Å². The molecular formula is C14H15NO2S. The molecule has 18 heavy (non-hydrogen) atoms. The zero-order valence-corrected chi connectivity index (χ0v) is 11.4. The summed E-state index contributed by atoms with van der Waals surface area (Å²) in [6.07, 6.45) is 1.76. The monoisotopic (exact) mass is 261 g/mol. The number of aryl methyl sites for hydroxylation is 1. The normalized spacial score (nSPS) is 10.9. The Morgan fingerprint density at radius 1 is 1.39 bits per heavy atom. The summed E-state index contributed by atoms with van der Waals surface area (Å²) in [5, 5.41) is 9.25. The first-order valence-electron chi connectivity index (χ1n) is 5.79. The Labute approximate surface area is 110 Å². The number of thiophene rings is 1. The first-order chi connectivity index (χ1) is 8.49. The van der Waals surface area contributed by atoms with E-state index in [9.17, 15) is 9.90 Å². The maximum absolute atomic E-state index is 11.3. The summed E-state index contributed by atoms with van der Waals surface area (Å²) in [5.74, 6) is -0.809. The summed E-state index contributed by atoms with van der Waals surface area (Å²) < 4.78 is 0. The van der Waals surface area contributed by atoms with E-state index in [1.54, 1.807) is 23.6 Å². The smallest absolute Gasteiger partial charge is 0.337 e. The van der Waals surface area contributed by atoms with Crippen LogP contribution in [0.5, 0.6) is 0 Å². The second-order valence-electron chi connectivity index (χ2n) is 4.53. The molecule has 2 aromatic heterocycles. The predicted molar refractivity (Wildman–Crippen MR) is 73.3 cm³/mol. The van der Waals surface area contributed by atoms with Crippen molar-refractivity contribution in [1.29, 1.82) is 0 Å². The number of pyridine rings is 1. The van der Waals surface area contributed by atoms with Gasteiger partial charge in [0.05, 0.1) is 11.3 Å². The Morgan fingerprint density at radius 3 is 2.61 bits per heavy atom. The van der Waals surface area contributed by atoms with Crippen molar-refractivity contribution in [3.63, 3.8) is 0 Å². The fraction of sp³-hybridized carbons (Fsp3) is 0.286. The van der Waals surface area contributed by atoms with Crippen molar-refractivity contribution in [3.05, 3.63) is 40.5 Å². The molecule has 0 aliphatic rings. The van der Waals surface area contributed by atoms with Crippen LogP contribution in [0.25, 0.3) is 10.4 Å². The highest BCUT2D eigenvalue weighted by Gasteiger charge is 2.16. The van der Waals surface area contributed by atoms with Gasteiger partial charge in [-0.15, -0.1) is 11.3 Å². The summed E-state index contributed by atoms with van der Waals surface area (Å²) in [5.41, 5.74) is 1.81. The van der Waals surface area contributed by atoms with E-state index in [-0.39, 0.29) is 5.92 Å². The molecule has 0 radical (unpaired) electrons. The lowest BCUT2D eigenvalue weighted by Gasteiger charge is -2.09. The van der Waals surface area contributed by atoms with Gasteiger partial charge in [-0.05, 0) is 31.0 Å². The molecule has 3 nitrogen and oxygen atoms in total. The first-order valence-corrected chi connectivity index (χ1v) is 6.60. The van der Waals surface area contributed by atoms with Crippen LogP contribution in [0, 0.1) is 6.92 Å². The minimum Gasteiger partial charge on any atom is -0.478 e. The van der Waals surface area contributed by atoms with Crippen molar-refractivity contribution in [2.75, 3.05) is 0 Å². The number of aromatic carboxylic acids is 1. The number of rotatable bonds is 3. The van der Waals surface area contributed by atoms with Crippen LogP contribution in [-0.4, -0.2) is 16.1 Å². The molecule has 0 aliphatic heterocycles. The van der Waals surface area contributed by atoms with E-state index in [1.165, 1.54) is 4.88 Å². The summed E-state index contributed by atoms with van der Waals surface area (Å²) in [4.78, 5) is 17.8. The van der Waals surface area contributed by atoms with E-state index in [4.69, 9.17) is 0 Å². The van der Waals surface area contributed by atoms with Gasteiger partial charge in [0.2, 0.25) is 0 Å². The molecule has 0 fully saturated rings. The van der Waals surface area contributed by atoms with Crippen molar-refractivity contribution in [1.82, 2.24) is 4.98 Å². The number of aromatic nitrogens is 1. The Hall–Kier alpha value is -1.68. The third kappa shape index (κ3) is 2.43. The molecule has 0 atom stereocenters. The van der Waals surface area contributed by atoms with E-state index < -0.39 is 5.97 Å². The molecule has 94 valence electrons. The Kier molecular flexibility index (Phi) is 3.48. The van der Waals surface area contributed by atoms with Gasteiger partial charge in [0.1, 0.15) is 0 Å². The highest BCUT2D eigenvalue weighted by Crippen LogP contribution is 2.29. The number of nitrogens with zero attached hydrogens (tertiary/aromatic N) is 1. The molecule has 0 aliphatic carbocycles. The first kappa shape index (κ1) is 12.8. The van der Waals surface area contributed by atoms with Crippen LogP contribution in [-0.2, 0) is 0 Å². The predicted octanol–water partition coefficient (Wildman–Crippen LogP) is 3.94. The Morgan fingerprint density at radius 2 is 2.11 bits per heavy atom. The fourth-order valence-electron chi connectivity index (χ4n) is 1.83. The lowest BCUT2D eigenvalue weighted by molar-refractivity contribution is 0.0694. The molecule has 2 rings (SSSR count). The van der Waals surface area contributed by atoms with Gasteiger partial charge in [-0.2, -0.15) is 0 Å². The molecular weight excluding hydrogens is 246 g/mol. The van der Waals surface area contributed by atoms with Gasteiger partial charge in [-0.1, -0.05) is 13.8 Å². The van der Waals surface area contributed by atoms with Gasteiger partial charge in [-0.3, -0.25) is 4.98 Å². The number of hydrogen-bond donors (Lipinski definition) is 1. The lowest BCUT2D eigenvalue weighted by Crippen LogP contribution is -2.06. The minimum absolute atomic E-state index is 0.107. The Bertz CT molecular complexity index is 587. The summed E-state index contributed by atoms with van der Waals surface area (Å²) in [6, 6.07) is 5.74. The van der Waals surface area contributed by atoms with Crippen LogP contribution in [0.1, 0.15) is 40.7 Å². The van der Waals surface area contributed by atoms with Gasteiger partial charge in [0.15, 0.2) is 0 Å². The van der Waals surface area contributed by atoms with Crippen LogP contribution < -0.4 is 0 Å². The largest absolute Gasteiger partial charge is 0.478 e. The van der Waals surface area contributed by atoms with Crippen molar-refractivity contribution >= 4 is 17.3 Å². The minimum atomic E-state index is -0.915. The van der Waals surface area contributed by atoms with Gasteiger partial charge >= 0.3 is 5.97 Å². The van der Waals surface area contributed by atoms with Gasteiger partial charge < -0.3 is 5.11 Å². The molecule has 1 N–H and O–H groups in total. The fourth-order valence-corrected chi connectivity index (χ4v) is 2.68. The second kappa shape index (κ2) is 4.90. The van der Waals surface area contributed by atoms with E-state index in [1.807, 2.05) is 32.9 Å². The van der Waals surface area contributed by atoms with Crippen molar-refractivity contribution in [2.45, 2.75) is 26.7 Å². The quantitative estimate of drug-likeness (QED) is 0.910. The molecule has 2 heterocycles. The number of hydrogen-bond acceptors (Lipinski definition) is 3. The molecule has 4 heteroatoms. The van der Waals surface area contributed by atoms with Gasteiger partial charge in [0.25, 0.3) is 0 Å². The highest BCUT2D eigenvalue weighted by molar-refractivity contribution is 7.15. The van der Waals surface area contributed by atoms with Crippen molar-refractivity contribution < 1.29 is 9.90 Å². The SMILES string of the molecule is Cc1ccc(-c2cnc(C(C)C)c(C(=O)O)c2)s1. The third-order valence-electron chi connectivity index (χ3n) is 2.72. The molecule has 0 saturated heterocycles. The standard InChI is InChI=1S/C14H15NO2S/c1-8(2)13-11(14(16)17)6-10(7-15-13)12-5-4-9(3)18-12/h4-8H,1-3H3,(H,16,17). The average molecular weight is 261 g/mol. The maximum Gasteiger partial charge on any atom is 0.337 e. The maximum atomic E-state index is 11.3. The van der Waals surface area contributed by atoms with E-state index in [0.717, 1.165) is 10.4 Å². The van der Waals surface area contributed by atoms with E-state index in [2.05, 4.69) is 4.98 Å². The lowest BCUT2D eigenvalue weighted by atomic mass is 10.0. The molecule has 2 aromatic rings. The van der Waals surface area contributed by atoms with Crippen LogP contribution in [0.4, 0.5) is 0 Å². The van der Waals surface area contributed by atoms with Crippen molar-refractivity contribution in [2.24, 2.45) is 0 Å². The number of carbonyl (C=O) groups is 1. The molecule has 0 aromatic carbocycles.